The van der Waals surface area contributed by atoms with E-state index in [0.29, 0.717) is 26.1 Å². The molecule has 2 atom stereocenters. The minimum absolute atomic E-state index is 0.00857. The number of rotatable bonds is 5. The maximum atomic E-state index is 11.0. The third-order valence-electron chi connectivity index (χ3n) is 2.97. The maximum absolute atomic E-state index is 11.0. The van der Waals surface area contributed by atoms with E-state index in [1.807, 2.05) is 4.90 Å². The van der Waals surface area contributed by atoms with Crippen LogP contribution in [0.5, 0.6) is 0 Å². The first-order valence-electron chi connectivity index (χ1n) is 5.77. The molecule has 0 saturated carbocycles. The number of hydrogen-bond donors (Lipinski definition) is 2. The number of carbonyl (C=O) groups is 2. The molecule has 6 nitrogen and oxygen atoms in total. The molecule has 1 rings (SSSR count). The number of carboxylic acid groups (broad SMARTS) is 1. The fourth-order valence-electron chi connectivity index (χ4n) is 2.28. The second-order valence-corrected chi connectivity index (χ2v) is 4.55. The molecule has 0 aromatic carbocycles. The van der Waals surface area contributed by atoms with Gasteiger partial charge in [-0.2, -0.15) is 0 Å². The van der Waals surface area contributed by atoms with Crippen LogP contribution in [-0.4, -0.2) is 54.7 Å². The van der Waals surface area contributed by atoms with Gasteiger partial charge in [0.05, 0.1) is 13.5 Å². The lowest BCUT2D eigenvalue weighted by Gasteiger charge is -2.35. The highest BCUT2D eigenvalue weighted by atomic mass is 16.5. The molecule has 1 aliphatic heterocycles. The van der Waals surface area contributed by atoms with Crippen LogP contribution in [0.4, 0.5) is 0 Å². The minimum Gasteiger partial charge on any atom is -0.481 e. The van der Waals surface area contributed by atoms with Gasteiger partial charge in [-0.3, -0.25) is 9.59 Å². The quantitative estimate of drug-likeness (QED) is 0.643. The van der Waals surface area contributed by atoms with Gasteiger partial charge in [0, 0.05) is 32.1 Å². The van der Waals surface area contributed by atoms with Gasteiger partial charge in [0.15, 0.2) is 0 Å². The minimum atomic E-state index is -0.794. The van der Waals surface area contributed by atoms with Gasteiger partial charge < -0.3 is 20.5 Å². The van der Waals surface area contributed by atoms with Gasteiger partial charge in [-0.25, -0.2) is 0 Å². The molecule has 0 aromatic rings. The highest BCUT2D eigenvalue weighted by Crippen LogP contribution is 2.19. The molecule has 2 unspecified atom stereocenters. The van der Waals surface area contributed by atoms with Crippen molar-refractivity contribution in [3.63, 3.8) is 0 Å². The lowest BCUT2D eigenvalue weighted by atomic mass is 9.92. The van der Waals surface area contributed by atoms with Crippen LogP contribution in [0.1, 0.15) is 19.3 Å². The summed E-state index contributed by atoms with van der Waals surface area (Å²) in [6.07, 6.45) is 1.20. The van der Waals surface area contributed by atoms with Gasteiger partial charge in [-0.05, 0) is 12.3 Å². The summed E-state index contributed by atoms with van der Waals surface area (Å²) in [4.78, 5) is 23.7. The molecule has 17 heavy (non-hydrogen) atoms. The van der Waals surface area contributed by atoms with Gasteiger partial charge in [0.2, 0.25) is 0 Å². The normalized spacial score (nSPS) is 25.5. The number of carbonyl (C=O) groups excluding carboxylic acids is 1. The third kappa shape index (κ3) is 5.14. The summed E-state index contributed by atoms with van der Waals surface area (Å²) in [6.45, 7) is 1.99. The number of likely N-dealkylation sites (tertiary alicyclic amines) is 1. The molecule has 0 spiro atoms. The zero-order valence-electron chi connectivity index (χ0n) is 10.1. The van der Waals surface area contributed by atoms with Gasteiger partial charge in [-0.15, -0.1) is 0 Å². The van der Waals surface area contributed by atoms with E-state index in [2.05, 4.69) is 4.74 Å². The molecular formula is C11H20N2O4. The number of nitrogens with two attached hydrogens (primary N) is 1. The van der Waals surface area contributed by atoms with Crippen molar-refractivity contribution >= 4 is 11.9 Å². The van der Waals surface area contributed by atoms with E-state index in [9.17, 15) is 9.59 Å². The standard InChI is InChI=1S/C11H20N2O4/c1-17-11(16)2-3-13-6-8(5-10(14)15)4-9(12)7-13/h8-9H,2-7,12H2,1H3,(H,14,15). The summed E-state index contributed by atoms with van der Waals surface area (Å²) < 4.78 is 4.57. The second kappa shape index (κ2) is 6.56. The lowest BCUT2D eigenvalue weighted by Crippen LogP contribution is -2.48. The van der Waals surface area contributed by atoms with E-state index in [1.54, 1.807) is 0 Å². The van der Waals surface area contributed by atoms with Crippen molar-refractivity contribution in [3.05, 3.63) is 0 Å². The van der Waals surface area contributed by atoms with Crippen LogP contribution in [-0.2, 0) is 14.3 Å². The number of aliphatic carboxylic acids is 1. The van der Waals surface area contributed by atoms with Crippen molar-refractivity contribution in [2.75, 3.05) is 26.7 Å². The summed E-state index contributed by atoms with van der Waals surface area (Å²) in [5.74, 6) is -0.968. The Morgan fingerprint density at radius 2 is 2.18 bits per heavy atom. The van der Waals surface area contributed by atoms with E-state index in [-0.39, 0.29) is 24.3 Å². The van der Waals surface area contributed by atoms with Crippen LogP contribution in [0.2, 0.25) is 0 Å². The average Bonchev–Trinajstić information content (AvgIpc) is 2.24. The fourth-order valence-corrected chi connectivity index (χ4v) is 2.28. The van der Waals surface area contributed by atoms with E-state index >= 15 is 0 Å². The molecule has 1 fully saturated rings. The number of carboxylic acids is 1. The fraction of sp³-hybridized carbons (Fsp3) is 0.818. The van der Waals surface area contributed by atoms with Crippen molar-refractivity contribution in [3.8, 4) is 0 Å². The number of ether oxygens (including phenoxy) is 1. The number of methoxy groups -OCH3 is 1. The van der Waals surface area contributed by atoms with Crippen LogP contribution in [0.3, 0.4) is 0 Å². The van der Waals surface area contributed by atoms with Gasteiger partial charge in [0.25, 0.3) is 0 Å². The van der Waals surface area contributed by atoms with Crippen LogP contribution in [0.25, 0.3) is 0 Å². The second-order valence-electron chi connectivity index (χ2n) is 4.55. The van der Waals surface area contributed by atoms with E-state index in [0.717, 1.165) is 6.42 Å². The van der Waals surface area contributed by atoms with Gasteiger partial charge >= 0.3 is 11.9 Å². The number of hydrogen-bond acceptors (Lipinski definition) is 5. The van der Waals surface area contributed by atoms with E-state index < -0.39 is 5.97 Å². The first kappa shape index (κ1) is 13.9. The Morgan fingerprint density at radius 3 is 2.76 bits per heavy atom. The Balaban J connectivity index is 2.39. The smallest absolute Gasteiger partial charge is 0.306 e. The molecule has 1 heterocycles. The van der Waals surface area contributed by atoms with Crippen LogP contribution >= 0.6 is 0 Å². The largest absolute Gasteiger partial charge is 0.481 e. The molecule has 0 aromatic heterocycles. The molecule has 0 bridgehead atoms. The molecule has 3 N–H and O–H groups in total. The van der Waals surface area contributed by atoms with Gasteiger partial charge in [-0.1, -0.05) is 0 Å². The van der Waals surface area contributed by atoms with E-state index in [1.165, 1.54) is 7.11 Å². The van der Waals surface area contributed by atoms with Crippen molar-refractivity contribution in [2.45, 2.75) is 25.3 Å². The molecule has 1 saturated heterocycles. The Hall–Kier alpha value is -1.14. The van der Waals surface area contributed by atoms with Gasteiger partial charge in [0.1, 0.15) is 0 Å². The van der Waals surface area contributed by atoms with E-state index in [4.69, 9.17) is 10.8 Å². The Morgan fingerprint density at radius 1 is 1.47 bits per heavy atom. The van der Waals surface area contributed by atoms with Crippen molar-refractivity contribution < 1.29 is 19.4 Å². The molecule has 98 valence electrons. The maximum Gasteiger partial charge on any atom is 0.306 e. The first-order valence-corrected chi connectivity index (χ1v) is 5.77. The average molecular weight is 244 g/mol. The zero-order chi connectivity index (χ0) is 12.8. The number of esters is 1. The number of nitrogens with zero attached hydrogens (tertiary/aromatic N) is 1. The zero-order valence-corrected chi connectivity index (χ0v) is 10.1. The van der Waals surface area contributed by atoms with Crippen LogP contribution in [0, 0.1) is 5.92 Å². The van der Waals surface area contributed by atoms with Crippen LogP contribution < -0.4 is 5.73 Å². The number of piperidine rings is 1. The monoisotopic (exact) mass is 244 g/mol. The molecule has 6 heteroatoms. The third-order valence-corrected chi connectivity index (χ3v) is 2.97. The Kier molecular flexibility index (Phi) is 5.37. The van der Waals surface area contributed by atoms with Crippen molar-refractivity contribution in [1.82, 2.24) is 4.90 Å². The topological polar surface area (TPSA) is 92.9 Å². The summed E-state index contributed by atoms with van der Waals surface area (Å²) in [5.41, 5.74) is 5.88. The predicted molar refractivity (Wildman–Crippen MR) is 61.4 cm³/mol. The summed E-state index contributed by atoms with van der Waals surface area (Å²) in [7, 11) is 1.36. The molecule has 0 radical (unpaired) electrons. The molecule has 0 aliphatic carbocycles. The van der Waals surface area contributed by atoms with Crippen LogP contribution in [0.15, 0.2) is 0 Å². The summed E-state index contributed by atoms with van der Waals surface area (Å²) >= 11 is 0. The van der Waals surface area contributed by atoms with Crippen molar-refractivity contribution in [1.29, 1.82) is 0 Å². The molecule has 0 amide bonds. The SMILES string of the molecule is COC(=O)CCN1CC(N)CC(CC(=O)O)C1. The predicted octanol–water partition coefficient (Wildman–Crippen LogP) is -0.327. The Bertz CT molecular complexity index is 283. The molecule has 1 aliphatic rings. The first-order chi connectivity index (χ1) is 8.01. The Labute approximate surface area is 101 Å². The highest BCUT2D eigenvalue weighted by molar-refractivity contribution is 5.69. The molecular weight excluding hydrogens is 224 g/mol. The highest BCUT2D eigenvalue weighted by Gasteiger charge is 2.26. The van der Waals surface area contributed by atoms with Crippen molar-refractivity contribution in [2.24, 2.45) is 11.7 Å². The lowest BCUT2D eigenvalue weighted by molar-refractivity contribution is -0.142. The summed E-state index contributed by atoms with van der Waals surface area (Å²) in [6, 6.07) is -0.00857. The summed E-state index contributed by atoms with van der Waals surface area (Å²) in [5, 5.41) is 8.76.